The quantitative estimate of drug-likeness (QED) is 0.382. The molecule has 1 aliphatic rings. The Balaban J connectivity index is 2.09. The van der Waals surface area contributed by atoms with Crippen LogP contribution in [0.5, 0.6) is 0 Å². The van der Waals surface area contributed by atoms with E-state index in [0.717, 1.165) is 10.8 Å². The fourth-order valence-corrected chi connectivity index (χ4v) is 4.18. The van der Waals surface area contributed by atoms with Crippen LogP contribution in [0.2, 0.25) is 5.02 Å². The van der Waals surface area contributed by atoms with Gasteiger partial charge in [-0.05, 0) is 37.0 Å². The number of hydrogen-bond acceptors (Lipinski definition) is 3. The molecule has 0 aromatic heterocycles. The fraction of sp³-hybridized carbons (Fsp3) is 0.500. The van der Waals surface area contributed by atoms with Gasteiger partial charge in [0.05, 0.1) is 5.02 Å². The highest BCUT2D eigenvalue weighted by Gasteiger charge is 2.20. The van der Waals surface area contributed by atoms with E-state index in [1.165, 1.54) is 25.7 Å². The van der Waals surface area contributed by atoms with Crippen molar-refractivity contribution in [2.45, 2.75) is 42.8 Å². The molecule has 0 saturated heterocycles. The van der Waals surface area contributed by atoms with Crippen molar-refractivity contribution in [3.63, 3.8) is 0 Å². The Morgan fingerprint density at radius 3 is 2.89 bits per heavy atom. The smallest absolute Gasteiger partial charge is 0.170 e. The molecule has 0 aliphatic heterocycles. The Kier molecular flexibility index (Phi) is 4.99. The number of amidine groups is 1. The third kappa shape index (κ3) is 3.80. The van der Waals surface area contributed by atoms with Crippen molar-refractivity contribution in [1.82, 2.24) is 0 Å². The minimum atomic E-state index is 0.0877. The number of thioether (sulfide) groups is 1. The highest BCUT2D eigenvalue weighted by Crippen LogP contribution is 2.38. The van der Waals surface area contributed by atoms with Crippen LogP contribution in [0.15, 0.2) is 28.3 Å². The van der Waals surface area contributed by atoms with Gasteiger partial charge in [-0.2, -0.15) is 0 Å². The summed E-state index contributed by atoms with van der Waals surface area (Å²) in [6.07, 6.45) is 5.15. The molecule has 2 rings (SSSR count). The van der Waals surface area contributed by atoms with Crippen LogP contribution in [0.4, 0.5) is 0 Å². The summed E-state index contributed by atoms with van der Waals surface area (Å²) in [6, 6.07) is 5.56. The molecule has 0 amide bonds. The van der Waals surface area contributed by atoms with Gasteiger partial charge >= 0.3 is 0 Å². The van der Waals surface area contributed by atoms with Gasteiger partial charge in [0.2, 0.25) is 0 Å². The predicted molar refractivity (Wildman–Crippen MR) is 81.2 cm³/mol. The van der Waals surface area contributed by atoms with Crippen molar-refractivity contribution < 1.29 is 5.21 Å². The number of oxime groups is 1. The molecule has 0 spiro atoms. The van der Waals surface area contributed by atoms with Gasteiger partial charge in [-0.25, -0.2) is 0 Å². The summed E-state index contributed by atoms with van der Waals surface area (Å²) in [4.78, 5) is 1.08. The largest absolute Gasteiger partial charge is 0.409 e. The van der Waals surface area contributed by atoms with E-state index in [0.29, 0.717) is 15.8 Å². The highest BCUT2D eigenvalue weighted by molar-refractivity contribution is 8.00. The average Bonchev–Trinajstić information content (AvgIpc) is 2.40. The van der Waals surface area contributed by atoms with Gasteiger partial charge in [0.1, 0.15) is 0 Å². The number of benzene rings is 1. The van der Waals surface area contributed by atoms with E-state index >= 15 is 0 Å². The lowest BCUT2D eigenvalue weighted by Crippen LogP contribution is -2.15. The van der Waals surface area contributed by atoms with Gasteiger partial charge in [0, 0.05) is 15.7 Å². The summed E-state index contributed by atoms with van der Waals surface area (Å²) in [5, 5.41) is 13.0. The number of halogens is 1. The van der Waals surface area contributed by atoms with Crippen LogP contribution in [0.1, 0.15) is 38.2 Å². The van der Waals surface area contributed by atoms with Crippen LogP contribution in [0.25, 0.3) is 0 Å². The molecular formula is C14H19ClN2OS. The molecule has 104 valence electrons. The molecule has 0 bridgehead atoms. The van der Waals surface area contributed by atoms with Gasteiger partial charge < -0.3 is 10.9 Å². The van der Waals surface area contributed by atoms with Crippen molar-refractivity contribution in [3.8, 4) is 0 Å². The number of hydrogen-bond donors (Lipinski definition) is 2. The van der Waals surface area contributed by atoms with E-state index in [-0.39, 0.29) is 5.84 Å². The summed E-state index contributed by atoms with van der Waals surface area (Å²) in [5.74, 6) is 0.895. The third-order valence-electron chi connectivity index (χ3n) is 3.52. The first-order valence-electron chi connectivity index (χ1n) is 6.54. The van der Waals surface area contributed by atoms with Crippen LogP contribution in [-0.2, 0) is 0 Å². The summed E-state index contributed by atoms with van der Waals surface area (Å²) >= 11 is 8.12. The maximum Gasteiger partial charge on any atom is 0.170 e. The van der Waals surface area contributed by atoms with E-state index in [1.54, 1.807) is 6.07 Å². The van der Waals surface area contributed by atoms with Crippen LogP contribution in [0, 0.1) is 5.92 Å². The monoisotopic (exact) mass is 298 g/mol. The second-order valence-electron chi connectivity index (χ2n) is 5.14. The highest BCUT2D eigenvalue weighted by atomic mass is 35.5. The lowest BCUT2D eigenvalue weighted by atomic mass is 9.91. The Morgan fingerprint density at radius 1 is 1.47 bits per heavy atom. The molecule has 1 aromatic carbocycles. The van der Waals surface area contributed by atoms with Crippen molar-refractivity contribution >= 4 is 29.2 Å². The lowest BCUT2D eigenvalue weighted by molar-refractivity contribution is 0.318. The summed E-state index contributed by atoms with van der Waals surface area (Å²) < 4.78 is 0. The Labute approximate surface area is 123 Å². The van der Waals surface area contributed by atoms with E-state index in [4.69, 9.17) is 22.5 Å². The van der Waals surface area contributed by atoms with Crippen LogP contribution in [-0.4, -0.2) is 16.3 Å². The topological polar surface area (TPSA) is 58.6 Å². The zero-order valence-electron chi connectivity index (χ0n) is 11.0. The number of nitrogens with zero attached hydrogens (tertiary/aromatic N) is 1. The molecule has 1 fully saturated rings. The van der Waals surface area contributed by atoms with Crippen molar-refractivity contribution in [3.05, 3.63) is 28.8 Å². The van der Waals surface area contributed by atoms with Crippen LogP contribution < -0.4 is 5.73 Å². The minimum Gasteiger partial charge on any atom is -0.409 e. The normalized spacial score (nSPS) is 24.4. The predicted octanol–water partition coefficient (Wildman–Crippen LogP) is 4.11. The molecular weight excluding hydrogens is 280 g/mol. The van der Waals surface area contributed by atoms with Gasteiger partial charge in [-0.15, -0.1) is 11.8 Å². The number of rotatable bonds is 3. The minimum absolute atomic E-state index is 0.0877. The van der Waals surface area contributed by atoms with Gasteiger partial charge in [-0.3, -0.25) is 0 Å². The maximum absolute atomic E-state index is 8.65. The molecule has 3 nitrogen and oxygen atoms in total. The van der Waals surface area contributed by atoms with Gasteiger partial charge in [0.15, 0.2) is 5.84 Å². The fourth-order valence-electron chi connectivity index (χ4n) is 2.48. The molecule has 1 aliphatic carbocycles. The second kappa shape index (κ2) is 6.53. The molecule has 1 saturated carbocycles. The first kappa shape index (κ1) is 14.5. The Bertz CT molecular complexity index is 479. The summed E-state index contributed by atoms with van der Waals surface area (Å²) in [5.41, 5.74) is 6.20. The van der Waals surface area contributed by atoms with Crippen LogP contribution in [0.3, 0.4) is 0 Å². The van der Waals surface area contributed by atoms with E-state index < -0.39 is 0 Å². The van der Waals surface area contributed by atoms with E-state index in [1.807, 2.05) is 23.9 Å². The SMILES string of the molecule is CC1CCCC(Sc2ccc(C(N)=NO)cc2Cl)C1. The first-order valence-corrected chi connectivity index (χ1v) is 7.80. The molecule has 0 radical (unpaired) electrons. The Morgan fingerprint density at radius 2 is 2.26 bits per heavy atom. The zero-order chi connectivity index (χ0) is 13.8. The standard InChI is InChI=1S/C14H19ClN2OS/c1-9-3-2-4-11(7-9)19-13-6-5-10(8-12(13)15)14(16)17-18/h5-6,8-9,11,18H,2-4,7H2,1H3,(H2,16,17). The lowest BCUT2D eigenvalue weighted by Gasteiger charge is -2.26. The van der Waals surface area contributed by atoms with Crippen molar-refractivity contribution in [2.75, 3.05) is 0 Å². The van der Waals surface area contributed by atoms with Crippen molar-refractivity contribution in [1.29, 1.82) is 0 Å². The molecule has 5 heteroatoms. The molecule has 19 heavy (non-hydrogen) atoms. The van der Waals surface area contributed by atoms with E-state index in [9.17, 15) is 0 Å². The third-order valence-corrected chi connectivity index (χ3v) is 5.31. The van der Waals surface area contributed by atoms with Gasteiger partial charge in [-0.1, -0.05) is 36.5 Å². The molecule has 2 atom stereocenters. The van der Waals surface area contributed by atoms with Crippen LogP contribution >= 0.6 is 23.4 Å². The molecule has 3 N–H and O–H groups in total. The van der Waals surface area contributed by atoms with Gasteiger partial charge in [0.25, 0.3) is 0 Å². The second-order valence-corrected chi connectivity index (χ2v) is 6.89. The Hall–Kier alpha value is -0.870. The molecule has 1 aromatic rings. The average molecular weight is 299 g/mol. The molecule has 0 heterocycles. The first-order chi connectivity index (χ1) is 9.10. The van der Waals surface area contributed by atoms with Crippen molar-refractivity contribution in [2.24, 2.45) is 16.8 Å². The summed E-state index contributed by atoms with van der Waals surface area (Å²) in [6.45, 7) is 2.32. The maximum atomic E-state index is 8.65. The number of nitrogens with two attached hydrogens (primary N) is 1. The summed E-state index contributed by atoms with van der Waals surface area (Å²) in [7, 11) is 0. The molecule has 2 unspecified atom stereocenters. The zero-order valence-corrected chi connectivity index (χ0v) is 12.5. The van der Waals surface area contributed by atoms with E-state index in [2.05, 4.69) is 12.1 Å².